The molecule has 160 valence electrons. The maximum atomic E-state index is 13.6. The van der Waals surface area contributed by atoms with E-state index in [4.69, 9.17) is 4.74 Å². The highest BCUT2D eigenvalue weighted by molar-refractivity contribution is 5.99. The van der Waals surface area contributed by atoms with Gasteiger partial charge < -0.3 is 14.5 Å². The molecule has 1 aliphatic rings. The molecule has 0 bridgehead atoms. The van der Waals surface area contributed by atoms with Gasteiger partial charge in [0.25, 0.3) is 5.88 Å². The van der Waals surface area contributed by atoms with Crippen LogP contribution in [0.25, 0.3) is 0 Å². The van der Waals surface area contributed by atoms with E-state index in [1.54, 1.807) is 17.3 Å². The fourth-order valence-corrected chi connectivity index (χ4v) is 3.74. The molecule has 1 saturated heterocycles. The Bertz CT molecular complexity index is 958. The van der Waals surface area contributed by atoms with Gasteiger partial charge in [0.05, 0.1) is 17.9 Å². The van der Waals surface area contributed by atoms with E-state index in [1.807, 2.05) is 84.6 Å². The molecule has 0 spiro atoms. The molecule has 1 aromatic heterocycles. The molecule has 0 saturated carbocycles. The van der Waals surface area contributed by atoms with Crippen molar-refractivity contribution in [2.45, 2.75) is 18.9 Å². The number of nitrogens with zero attached hydrogens (tertiary/aromatic N) is 5. The molecule has 2 amide bonds. The van der Waals surface area contributed by atoms with Gasteiger partial charge in [0.1, 0.15) is 6.10 Å². The molecule has 2 heterocycles. The Kier molecular flexibility index (Phi) is 6.31. The third-order valence-corrected chi connectivity index (χ3v) is 5.22. The van der Waals surface area contributed by atoms with Crippen molar-refractivity contribution in [1.82, 2.24) is 14.9 Å². The average molecular weight is 418 g/mol. The van der Waals surface area contributed by atoms with Crippen LogP contribution in [0.15, 0.2) is 73.1 Å². The maximum Gasteiger partial charge on any atom is 0.329 e. The second-order valence-electron chi connectivity index (χ2n) is 7.70. The van der Waals surface area contributed by atoms with Crippen molar-refractivity contribution in [3.63, 3.8) is 0 Å². The Morgan fingerprint density at radius 2 is 1.58 bits per heavy atom. The Morgan fingerprint density at radius 1 is 0.968 bits per heavy atom. The number of ether oxygens (including phenoxy) is 1. The van der Waals surface area contributed by atoms with Crippen LogP contribution in [-0.2, 0) is 0 Å². The Balaban J connectivity index is 1.55. The number of para-hydroxylation sites is 2. The SMILES string of the molecule is CN(C)c1nccnc1OC1CCCN(C(=O)N(c2ccccc2)c2ccccc2)C1. The van der Waals surface area contributed by atoms with Crippen LogP contribution >= 0.6 is 0 Å². The molecule has 3 aromatic rings. The van der Waals surface area contributed by atoms with Gasteiger partial charge in [0.15, 0.2) is 5.82 Å². The summed E-state index contributed by atoms with van der Waals surface area (Å²) in [6.45, 7) is 1.19. The van der Waals surface area contributed by atoms with E-state index in [0.717, 1.165) is 24.2 Å². The lowest BCUT2D eigenvalue weighted by molar-refractivity contribution is 0.101. The summed E-state index contributed by atoms with van der Waals surface area (Å²) < 4.78 is 6.19. The predicted molar refractivity (Wildman–Crippen MR) is 122 cm³/mol. The maximum absolute atomic E-state index is 13.6. The molecule has 1 fully saturated rings. The summed E-state index contributed by atoms with van der Waals surface area (Å²) in [6, 6.07) is 19.4. The predicted octanol–water partition coefficient (Wildman–Crippen LogP) is 4.34. The second kappa shape index (κ2) is 9.47. The van der Waals surface area contributed by atoms with E-state index in [9.17, 15) is 4.79 Å². The summed E-state index contributed by atoms with van der Waals surface area (Å²) in [6.07, 6.45) is 4.87. The number of carbonyl (C=O) groups excluding carboxylic acids is 1. The summed E-state index contributed by atoms with van der Waals surface area (Å²) >= 11 is 0. The van der Waals surface area contributed by atoms with Crippen LogP contribution < -0.4 is 14.5 Å². The number of rotatable bonds is 5. The highest BCUT2D eigenvalue weighted by atomic mass is 16.5. The number of urea groups is 1. The highest BCUT2D eigenvalue weighted by Crippen LogP contribution is 2.29. The van der Waals surface area contributed by atoms with E-state index in [2.05, 4.69) is 9.97 Å². The molecule has 1 atom stereocenters. The number of likely N-dealkylation sites (tertiary alicyclic amines) is 1. The number of anilines is 3. The van der Waals surface area contributed by atoms with Crippen molar-refractivity contribution in [2.75, 3.05) is 37.0 Å². The van der Waals surface area contributed by atoms with Crippen LogP contribution in [0.5, 0.6) is 5.88 Å². The summed E-state index contributed by atoms with van der Waals surface area (Å²) in [5, 5.41) is 0. The van der Waals surface area contributed by atoms with Crippen LogP contribution in [0, 0.1) is 0 Å². The molecule has 2 aromatic carbocycles. The van der Waals surface area contributed by atoms with Crippen LogP contribution in [0.2, 0.25) is 0 Å². The first-order valence-corrected chi connectivity index (χ1v) is 10.5. The largest absolute Gasteiger partial charge is 0.470 e. The van der Waals surface area contributed by atoms with Crippen LogP contribution in [-0.4, -0.2) is 54.2 Å². The zero-order valence-corrected chi connectivity index (χ0v) is 17.9. The van der Waals surface area contributed by atoms with Crippen molar-refractivity contribution >= 4 is 23.2 Å². The van der Waals surface area contributed by atoms with E-state index >= 15 is 0 Å². The molecule has 7 nitrogen and oxygen atoms in total. The number of amides is 2. The van der Waals surface area contributed by atoms with E-state index in [-0.39, 0.29) is 12.1 Å². The van der Waals surface area contributed by atoms with Crippen molar-refractivity contribution in [2.24, 2.45) is 0 Å². The summed E-state index contributed by atoms with van der Waals surface area (Å²) in [5.41, 5.74) is 1.68. The lowest BCUT2D eigenvalue weighted by Crippen LogP contribution is -2.49. The number of aromatic nitrogens is 2. The molecule has 0 aliphatic carbocycles. The topological polar surface area (TPSA) is 61.8 Å². The van der Waals surface area contributed by atoms with Gasteiger partial charge in [0, 0.05) is 33.0 Å². The fourth-order valence-electron chi connectivity index (χ4n) is 3.74. The number of carbonyl (C=O) groups is 1. The molecule has 0 N–H and O–H groups in total. The third-order valence-electron chi connectivity index (χ3n) is 5.22. The molecular formula is C24H27N5O2. The van der Waals surface area contributed by atoms with Gasteiger partial charge in [0.2, 0.25) is 0 Å². The Hall–Kier alpha value is -3.61. The Morgan fingerprint density at radius 3 is 2.19 bits per heavy atom. The van der Waals surface area contributed by atoms with Crippen LogP contribution in [0.4, 0.5) is 22.0 Å². The first-order chi connectivity index (χ1) is 15.1. The minimum absolute atomic E-state index is 0.0577. The highest BCUT2D eigenvalue weighted by Gasteiger charge is 2.30. The van der Waals surface area contributed by atoms with Crippen LogP contribution in [0.3, 0.4) is 0 Å². The lowest BCUT2D eigenvalue weighted by Gasteiger charge is -2.36. The lowest BCUT2D eigenvalue weighted by atomic mass is 10.1. The molecule has 7 heteroatoms. The molecule has 4 rings (SSSR count). The Labute approximate surface area is 182 Å². The smallest absolute Gasteiger partial charge is 0.329 e. The van der Waals surface area contributed by atoms with Gasteiger partial charge in [-0.1, -0.05) is 36.4 Å². The molecular weight excluding hydrogens is 390 g/mol. The minimum Gasteiger partial charge on any atom is -0.470 e. The number of hydrogen-bond acceptors (Lipinski definition) is 5. The minimum atomic E-state index is -0.138. The first-order valence-electron chi connectivity index (χ1n) is 10.5. The summed E-state index contributed by atoms with van der Waals surface area (Å²) in [4.78, 5) is 27.8. The quantitative estimate of drug-likeness (QED) is 0.618. The second-order valence-corrected chi connectivity index (χ2v) is 7.70. The number of hydrogen-bond donors (Lipinski definition) is 0. The van der Waals surface area contributed by atoms with Crippen molar-refractivity contribution in [3.8, 4) is 5.88 Å². The molecule has 0 radical (unpaired) electrons. The van der Waals surface area contributed by atoms with Gasteiger partial charge in [-0.2, -0.15) is 0 Å². The van der Waals surface area contributed by atoms with Gasteiger partial charge >= 0.3 is 6.03 Å². The van der Waals surface area contributed by atoms with Gasteiger partial charge in [-0.15, -0.1) is 0 Å². The van der Waals surface area contributed by atoms with Crippen LogP contribution in [0.1, 0.15) is 12.8 Å². The normalized spacial score (nSPS) is 15.9. The molecule has 31 heavy (non-hydrogen) atoms. The zero-order valence-electron chi connectivity index (χ0n) is 17.9. The summed E-state index contributed by atoms with van der Waals surface area (Å²) in [5.74, 6) is 1.18. The van der Waals surface area contributed by atoms with E-state index in [0.29, 0.717) is 24.8 Å². The monoisotopic (exact) mass is 417 g/mol. The van der Waals surface area contributed by atoms with E-state index in [1.165, 1.54) is 0 Å². The number of benzene rings is 2. The van der Waals surface area contributed by atoms with Crippen molar-refractivity contribution < 1.29 is 9.53 Å². The van der Waals surface area contributed by atoms with Gasteiger partial charge in [-0.05, 0) is 37.1 Å². The zero-order chi connectivity index (χ0) is 21.6. The van der Waals surface area contributed by atoms with Crippen molar-refractivity contribution in [3.05, 3.63) is 73.1 Å². The van der Waals surface area contributed by atoms with Gasteiger partial charge in [-0.3, -0.25) is 4.90 Å². The first kappa shape index (κ1) is 20.7. The standard InChI is InChI=1S/C24H27N5O2/c1-27(2)22-23(26-16-15-25-22)31-21-14-9-17-28(18-21)24(30)29(19-10-5-3-6-11-19)20-12-7-4-8-13-20/h3-8,10-13,15-16,21H,9,14,17-18H2,1-2H3. The van der Waals surface area contributed by atoms with Gasteiger partial charge in [-0.25, -0.2) is 14.8 Å². The summed E-state index contributed by atoms with van der Waals surface area (Å²) in [7, 11) is 3.82. The molecule has 1 unspecified atom stereocenters. The molecule has 1 aliphatic heterocycles. The third kappa shape index (κ3) is 4.77. The van der Waals surface area contributed by atoms with Crippen molar-refractivity contribution in [1.29, 1.82) is 0 Å². The van der Waals surface area contributed by atoms with E-state index < -0.39 is 0 Å². The fraction of sp³-hybridized carbons (Fsp3) is 0.292. The average Bonchev–Trinajstić information content (AvgIpc) is 2.81. The number of piperidine rings is 1.